The average Bonchev–Trinajstić information content (AvgIpc) is 2.79. The van der Waals surface area contributed by atoms with Crippen molar-refractivity contribution in [1.29, 1.82) is 0 Å². The molecule has 0 aliphatic rings. The van der Waals surface area contributed by atoms with Crippen LogP contribution in [0, 0.1) is 0 Å². The zero-order valence-electron chi connectivity index (χ0n) is 17.0. The number of hydrogen-bond donors (Lipinski definition) is 0. The van der Waals surface area contributed by atoms with Gasteiger partial charge in [-0.15, -0.1) is 0 Å². The smallest absolute Gasteiger partial charge is 0.266 e. The molecule has 0 radical (unpaired) electrons. The van der Waals surface area contributed by atoms with Crippen LogP contribution in [0.25, 0.3) is 16.6 Å². The molecule has 7 heteroatoms. The Bertz CT molecular complexity index is 1220. The molecule has 31 heavy (non-hydrogen) atoms. The summed E-state index contributed by atoms with van der Waals surface area (Å²) in [6.07, 6.45) is 0. The van der Waals surface area contributed by atoms with E-state index >= 15 is 0 Å². The molecular weight excluding hydrogens is 476 g/mol. The third kappa shape index (κ3) is 5.11. The van der Waals surface area contributed by atoms with Crippen molar-refractivity contribution in [1.82, 2.24) is 9.55 Å². The number of benzene rings is 3. The molecule has 0 aliphatic heterocycles. The van der Waals surface area contributed by atoms with E-state index in [-0.39, 0.29) is 5.56 Å². The number of para-hydroxylation sites is 1. The number of nitrogens with zero attached hydrogens (tertiary/aromatic N) is 2. The Morgan fingerprint density at radius 1 is 0.935 bits per heavy atom. The van der Waals surface area contributed by atoms with Crippen LogP contribution in [0.2, 0.25) is 0 Å². The topological polar surface area (TPSA) is 53.4 Å². The van der Waals surface area contributed by atoms with Crippen LogP contribution in [0.3, 0.4) is 0 Å². The molecule has 0 saturated heterocycles. The second kappa shape index (κ2) is 10.0. The Morgan fingerprint density at radius 3 is 2.35 bits per heavy atom. The predicted octanol–water partition coefficient (Wildman–Crippen LogP) is 5.72. The van der Waals surface area contributed by atoms with Gasteiger partial charge in [0.05, 0.1) is 29.8 Å². The van der Waals surface area contributed by atoms with E-state index < -0.39 is 0 Å². The molecule has 0 fully saturated rings. The van der Waals surface area contributed by atoms with E-state index in [0.717, 1.165) is 21.7 Å². The second-order valence-electron chi connectivity index (χ2n) is 6.63. The van der Waals surface area contributed by atoms with Gasteiger partial charge in [0.2, 0.25) is 0 Å². The van der Waals surface area contributed by atoms with Crippen LogP contribution in [0.1, 0.15) is 6.92 Å². The average molecular weight is 497 g/mol. The Balaban J connectivity index is 1.60. The number of halogens is 1. The maximum atomic E-state index is 13.3. The van der Waals surface area contributed by atoms with Crippen LogP contribution in [0.4, 0.5) is 0 Å². The second-order valence-corrected chi connectivity index (χ2v) is 8.61. The lowest BCUT2D eigenvalue weighted by Gasteiger charge is -2.14. The molecule has 158 valence electrons. The third-order valence-electron chi connectivity index (χ3n) is 4.55. The van der Waals surface area contributed by atoms with E-state index in [9.17, 15) is 4.79 Å². The monoisotopic (exact) mass is 496 g/mol. The van der Waals surface area contributed by atoms with E-state index in [1.807, 2.05) is 73.7 Å². The molecule has 0 spiro atoms. The number of rotatable bonds is 8. The highest BCUT2D eigenvalue weighted by atomic mass is 79.9. The molecule has 5 nitrogen and oxygen atoms in total. The molecular formula is C24H21BrN2O3S. The van der Waals surface area contributed by atoms with Crippen molar-refractivity contribution >= 4 is 38.6 Å². The molecule has 0 N–H and O–H groups in total. The summed E-state index contributed by atoms with van der Waals surface area (Å²) in [5.41, 5.74) is 1.35. The standard InChI is InChI=1S/C24H21BrN2O3S/c1-2-29-19-13-9-18(10-14-19)27-23(28)21-5-3-4-6-22(21)26-24(27)31-16-15-30-20-11-7-17(25)8-12-20/h3-14H,2,15-16H2,1H3. The van der Waals surface area contributed by atoms with Gasteiger partial charge >= 0.3 is 0 Å². The van der Waals surface area contributed by atoms with Crippen molar-refractivity contribution in [2.75, 3.05) is 19.0 Å². The van der Waals surface area contributed by atoms with Gasteiger partial charge in [-0.2, -0.15) is 0 Å². The first kappa shape index (κ1) is 21.5. The van der Waals surface area contributed by atoms with Gasteiger partial charge in [0.1, 0.15) is 11.5 Å². The van der Waals surface area contributed by atoms with Gasteiger partial charge < -0.3 is 9.47 Å². The van der Waals surface area contributed by atoms with Crippen molar-refractivity contribution in [2.24, 2.45) is 0 Å². The van der Waals surface area contributed by atoms with E-state index in [1.54, 1.807) is 10.6 Å². The van der Waals surface area contributed by atoms with Crippen molar-refractivity contribution < 1.29 is 9.47 Å². The molecule has 4 rings (SSSR count). The highest BCUT2D eigenvalue weighted by molar-refractivity contribution is 9.10. The van der Waals surface area contributed by atoms with Crippen LogP contribution in [-0.4, -0.2) is 28.5 Å². The third-order valence-corrected chi connectivity index (χ3v) is 5.98. The highest BCUT2D eigenvalue weighted by Gasteiger charge is 2.13. The Hall–Kier alpha value is -2.77. The summed E-state index contributed by atoms with van der Waals surface area (Å²) in [5.74, 6) is 2.22. The highest BCUT2D eigenvalue weighted by Crippen LogP contribution is 2.23. The van der Waals surface area contributed by atoms with E-state index in [4.69, 9.17) is 14.5 Å². The summed E-state index contributed by atoms with van der Waals surface area (Å²) in [6, 6.07) is 22.6. The Kier molecular flexibility index (Phi) is 6.94. The normalized spacial score (nSPS) is 10.9. The van der Waals surface area contributed by atoms with Crippen LogP contribution < -0.4 is 15.0 Å². The lowest BCUT2D eigenvalue weighted by molar-refractivity contribution is 0.340. The number of ether oxygens (including phenoxy) is 2. The Labute approximate surface area is 193 Å². The van der Waals surface area contributed by atoms with Crippen molar-refractivity contribution in [3.63, 3.8) is 0 Å². The van der Waals surface area contributed by atoms with Gasteiger partial charge in [-0.1, -0.05) is 39.8 Å². The van der Waals surface area contributed by atoms with Gasteiger partial charge in [-0.05, 0) is 67.6 Å². The Morgan fingerprint density at radius 2 is 1.61 bits per heavy atom. The zero-order valence-corrected chi connectivity index (χ0v) is 19.4. The largest absolute Gasteiger partial charge is 0.494 e. The van der Waals surface area contributed by atoms with Crippen molar-refractivity contribution in [3.8, 4) is 17.2 Å². The maximum Gasteiger partial charge on any atom is 0.266 e. The van der Waals surface area contributed by atoms with Gasteiger partial charge in [0, 0.05) is 10.2 Å². The number of aromatic nitrogens is 2. The number of fused-ring (bicyclic) bond motifs is 1. The first-order valence-electron chi connectivity index (χ1n) is 9.92. The van der Waals surface area contributed by atoms with Gasteiger partial charge in [-0.25, -0.2) is 4.98 Å². The van der Waals surface area contributed by atoms with E-state index in [2.05, 4.69) is 15.9 Å². The molecule has 0 unspecified atom stereocenters. The molecule has 1 aromatic heterocycles. The summed E-state index contributed by atoms with van der Waals surface area (Å²) in [4.78, 5) is 18.0. The van der Waals surface area contributed by atoms with Gasteiger partial charge in [0.25, 0.3) is 5.56 Å². The molecule has 0 bridgehead atoms. The molecule has 4 aromatic rings. The van der Waals surface area contributed by atoms with Gasteiger partial charge in [-0.3, -0.25) is 9.36 Å². The first-order valence-corrected chi connectivity index (χ1v) is 11.7. The fourth-order valence-corrected chi connectivity index (χ4v) is 4.21. The summed E-state index contributed by atoms with van der Waals surface area (Å²) in [5, 5.41) is 1.22. The molecule has 0 aliphatic carbocycles. The maximum absolute atomic E-state index is 13.3. The molecule has 0 atom stereocenters. The predicted molar refractivity (Wildman–Crippen MR) is 129 cm³/mol. The minimum Gasteiger partial charge on any atom is -0.494 e. The van der Waals surface area contributed by atoms with Crippen LogP contribution in [-0.2, 0) is 0 Å². The SMILES string of the molecule is CCOc1ccc(-n2c(SCCOc3ccc(Br)cc3)nc3ccccc3c2=O)cc1. The fourth-order valence-electron chi connectivity index (χ4n) is 3.12. The summed E-state index contributed by atoms with van der Waals surface area (Å²) in [6.45, 7) is 3.03. The van der Waals surface area contributed by atoms with Crippen LogP contribution >= 0.6 is 27.7 Å². The van der Waals surface area contributed by atoms with E-state index in [0.29, 0.717) is 35.0 Å². The zero-order chi connectivity index (χ0) is 21.6. The molecule has 0 saturated carbocycles. The molecule has 0 amide bonds. The quantitative estimate of drug-likeness (QED) is 0.177. The van der Waals surface area contributed by atoms with Gasteiger partial charge in [0.15, 0.2) is 5.16 Å². The lowest BCUT2D eigenvalue weighted by atomic mass is 10.2. The van der Waals surface area contributed by atoms with E-state index in [1.165, 1.54) is 11.8 Å². The molecule has 3 aromatic carbocycles. The van der Waals surface area contributed by atoms with Crippen LogP contribution in [0.15, 0.2) is 87.2 Å². The number of thioether (sulfide) groups is 1. The molecule has 1 heterocycles. The summed E-state index contributed by atoms with van der Waals surface area (Å²) >= 11 is 4.91. The minimum absolute atomic E-state index is 0.0916. The summed E-state index contributed by atoms with van der Waals surface area (Å²) in [7, 11) is 0. The number of hydrogen-bond acceptors (Lipinski definition) is 5. The van der Waals surface area contributed by atoms with Crippen LogP contribution in [0.5, 0.6) is 11.5 Å². The van der Waals surface area contributed by atoms with Crippen molar-refractivity contribution in [2.45, 2.75) is 12.1 Å². The minimum atomic E-state index is -0.0916. The van der Waals surface area contributed by atoms with Crippen molar-refractivity contribution in [3.05, 3.63) is 87.6 Å². The summed E-state index contributed by atoms with van der Waals surface area (Å²) < 4.78 is 14.0. The lowest BCUT2D eigenvalue weighted by Crippen LogP contribution is -2.22. The fraction of sp³-hybridized carbons (Fsp3) is 0.167. The first-order chi connectivity index (χ1) is 15.2.